The van der Waals surface area contributed by atoms with Crippen molar-refractivity contribution < 1.29 is 4.79 Å². The Balaban J connectivity index is 1.62. The molecule has 1 heterocycles. The number of hydrogen-bond acceptors (Lipinski definition) is 3. The van der Waals surface area contributed by atoms with E-state index in [0.717, 1.165) is 18.5 Å². The Hall–Kier alpha value is -2.17. The minimum atomic E-state index is -0.625. The number of amides is 1. The zero-order chi connectivity index (χ0) is 15.4. The Morgan fingerprint density at radius 3 is 2.73 bits per heavy atom. The third kappa shape index (κ3) is 3.18. The van der Waals surface area contributed by atoms with Gasteiger partial charge in [0.1, 0.15) is 6.04 Å². The van der Waals surface area contributed by atoms with Crippen molar-refractivity contribution in [2.75, 3.05) is 13.1 Å². The third-order valence-electron chi connectivity index (χ3n) is 4.14. The molecule has 2 unspecified atom stereocenters. The molecule has 0 aliphatic carbocycles. The van der Waals surface area contributed by atoms with Crippen LogP contribution >= 0.6 is 0 Å². The predicted molar refractivity (Wildman–Crippen MR) is 87.3 cm³/mol. The fourth-order valence-electron chi connectivity index (χ4n) is 2.90. The largest absolute Gasteiger partial charge is 0.353 e. The Bertz CT molecular complexity index is 642. The van der Waals surface area contributed by atoms with E-state index in [2.05, 4.69) is 28.8 Å². The molecule has 2 aromatic carbocycles. The summed E-state index contributed by atoms with van der Waals surface area (Å²) < 4.78 is 0. The van der Waals surface area contributed by atoms with Crippen molar-refractivity contribution >= 4 is 5.91 Å². The maximum absolute atomic E-state index is 12.2. The minimum Gasteiger partial charge on any atom is -0.353 e. The molecule has 0 fully saturated rings. The van der Waals surface area contributed by atoms with Crippen molar-refractivity contribution in [3.8, 4) is 0 Å². The van der Waals surface area contributed by atoms with Crippen molar-refractivity contribution in [3.05, 3.63) is 71.3 Å². The minimum absolute atomic E-state index is 0.143. The lowest BCUT2D eigenvalue weighted by atomic mass is 9.94. The monoisotopic (exact) mass is 295 g/mol. The lowest BCUT2D eigenvalue weighted by Gasteiger charge is -2.27. The highest BCUT2D eigenvalue weighted by Gasteiger charge is 2.21. The number of fused-ring (bicyclic) bond motifs is 1. The van der Waals surface area contributed by atoms with Crippen molar-refractivity contribution in [1.29, 1.82) is 0 Å². The van der Waals surface area contributed by atoms with E-state index in [1.807, 2.05) is 36.4 Å². The van der Waals surface area contributed by atoms with E-state index in [-0.39, 0.29) is 11.9 Å². The molecule has 3 rings (SSSR count). The predicted octanol–water partition coefficient (Wildman–Crippen LogP) is 1.69. The number of carbonyl (C=O) groups excluding carboxylic acids is 1. The van der Waals surface area contributed by atoms with Crippen LogP contribution in [0.15, 0.2) is 54.6 Å². The molecule has 0 spiro atoms. The lowest BCUT2D eigenvalue weighted by Crippen LogP contribution is -2.41. The normalized spacial score (nSPS) is 18.3. The molecule has 0 saturated heterocycles. The van der Waals surface area contributed by atoms with E-state index in [1.165, 1.54) is 11.1 Å². The molecule has 1 aliphatic heterocycles. The number of carbonyl (C=O) groups is 1. The van der Waals surface area contributed by atoms with Gasteiger partial charge in [-0.1, -0.05) is 54.6 Å². The molecule has 1 aliphatic rings. The van der Waals surface area contributed by atoms with E-state index in [1.54, 1.807) is 0 Å². The number of hydrogen-bond donors (Lipinski definition) is 3. The molecule has 2 atom stereocenters. The van der Waals surface area contributed by atoms with Gasteiger partial charge in [-0.05, 0) is 29.7 Å². The van der Waals surface area contributed by atoms with E-state index >= 15 is 0 Å². The fourth-order valence-corrected chi connectivity index (χ4v) is 2.90. The van der Waals surface area contributed by atoms with Crippen molar-refractivity contribution in [3.63, 3.8) is 0 Å². The highest BCUT2D eigenvalue weighted by atomic mass is 16.2. The molecule has 0 saturated carbocycles. The molecule has 0 radical (unpaired) electrons. The quantitative estimate of drug-likeness (QED) is 0.804. The van der Waals surface area contributed by atoms with Crippen LogP contribution in [0.3, 0.4) is 0 Å². The third-order valence-corrected chi connectivity index (χ3v) is 4.14. The van der Waals surface area contributed by atoms with Crippen LogP contribution in [-0.2, 0) is 11.2 Å². The highest BCUT2D eigenvalue weighted by molar-refractivity contribution is 5.82. The summed E-state index contributed by atoms with van der Waals surface area (Å²) >= 11 is 0. The van der Waals surface area contributed by atoms with Crippen LogP contribution in [0.1, 0.15) is 28.8 Å². The van der Waals surface area contributed by atoms with Crippen LogP contribution in [-0.4, -0.2) is 19.0 Å². The molecule has 114 valence electrons. The van der Waals surface area contributed by atoms with Gasteiger partial charge >= 0.3 is 0 Å². The van der Waals surface area contributed by atoms with Gasteiger partial charge in [0, 0.05) is 12.6 Å². The average molecular weight is 295 g/mol. The molecule has 4 N–H and O–H groups in total. The first-order chi connectivity index (χ1) is 10.8. The van der Waals surface area contributed by atoms with E-state index in [0.29, 0.717) is 6.54 Å². The SMILES string of the molecule is NC(C(=O)NCC1NCCc2ccccc21)c1ccccc1. The first kappa shape index (κ1) is 14.8. The van der Waals surface area contributed by atoms with Gasteiger partial charge in [-0.15, -0.1) is 0 Å². The summed E-state index contributed by atoms with van der Waals surface area (Å²) in [7, 11) is 0. The lowest BCUT2D eigenvalue weighted by molar-refractivity contribution is -0.122. The van der Waals surface area contributed by atoms with Gasteiger partial charge in [0.2, 0.25) is 5.91 Å². The molecule has 0 aromatic heterocycles. The second-order valence-corrected chi connectivity index (χ2v) is 5.59. The Labute approximate surface area is 130 Å². The van der Waals surface area contributed by atoms with Gasteiger partial charge in [0.25, 0.3) is 0 Å². The van der Waals surface area contributed by atoms with E-state index in [9.17, 15) is 4.79 Å². The molecule has 22 heavy (non-hydrogen) atoms. The first-order valence-corrected chi connectivity index (χ1v) is 7.65. The number of nitrogens with two attached hydrogens (primary N) is 1. The molecular formula is C18H21N3O. The van der Waals surface area contributed by atoms with E-state index in [4.69, 9.17) is 5.73 Å². The number of benzene rings is 2. The Morgan fingerprint density at radius 2 is 1.91 bits per heavy atom. The van der Waals surface area contributed by atoms with Gasteiger partial charge in [0.15, 0.2) is 0 Å². The van der Waals surface area contributed by atoms with Gasteiger partial charge in [-0.2, -0.15) is 0 Å². The Kier molecular flexibility index (Phi) is 4.51. The standard InChI is InChI=1S/C18H21N3O/c19-17(14-7-2-1-3-8-14)18(22)21-12-16-15-9-5-4-6-13(15)10-11-20-16/h1-9,16-17,20H,10-12,19H2,(H,21,22). The highest BCUT2D eigenvalue weighted by Crippen LogP contribution is 2.22. The summed E-state index contributed by atoms with van der Waals surface area (Å²) in [6.45, 7) is 1.48. The van der Waals surface area contributed by atoms with Crippen molar-refractivity contribution in [2.45, 2.75) is 18.5 Å². The fraction of sp³-hybridized carbons (Fsp3) is 0.278. The number of rotatable bonds is 4. The zero-order valence-corrected chi connectivity index (χ0v) is 12.5. The first-order valence-electron chi connectivity index (χ1n) is 7.65. The van der Waals surface area contributed by atoms with Gasteiger partial charge in [0.05, 0.1) is 0 Å². The molecule has 1 amide bonds. The summed E-state index contributed by atoms with van der Waals surface area (Å²) in [5.74, 6) is -0.143. The van der Waals surface area contributed by atoms with Crippen LogP contribution in [0, 0.1) is 0 Å². The summed E-state index contributed by atoms with van der Waals surface area (Å²) in [6, 6.07) is 17.3. The van der Waals surface area contributed by atoms with Crippen LogP contribution in [0.4, 0.5) is 0 Å². The van der Waals surface area contributed by atoms with Gasteiger partial charge < -0.3 is 16.4 Å². The topological polar surface area (TPSA) is 67.2 Å². The summed E-state index contributed by atoms with van der Waals surface area (Å²) in [4.78, 5) is 12.2. The molecule has 4 heteroatoms. The summed E-state index contributed by atoms with van der Waals surface area (Å²) in [5.41, 5.74) is 9.47. The summed E-state index contributed by atoms with van der Waals surface area (Å²) in [5, 5.41) is 6.42. The molecule has 2 aromatic rings. The van der Waals surface area contributed by atoms with Crippen LogP contribution < -0.4 is 16.4 Å². The van der Waals surface area contributed by atoms with Gasteiger partial charge in [-0.3, -0.25) is 4.79 Å². The van der Waals surface area contributed by atoms with Crippen LogP contribution in [0.25, 0.3) is 0 Å². The second kappa shape index (κ2) is 6.73. The molecule has 0 bridgehead atoms. The summed E-state index contributed by atoms with van der Waals surface area (Å²) in [6.07, 6.45) is 1.03. The second-order valence-electron chi connectivity index (χ2n) is 5.59. The average Bonchev–Trinajstić information content (AvgIpc) is 2.59. The van der Waals surface area contributed by atoms with Crippen molar-refractivity contribution in [1.82, 2.24) is 10.6 Å². The zero-order valence-electron chi connectivity index (χ0n) is 12.5. The maximum Gasteiger partial charge on any atom is 0.241 e. The molecule has 4 nitrogen and oxygen atoms in total. The van der Waals surface area contributed by atoms with Crippen molar-refractivity contribution in [2.24, 2.45) is 5.73 Å². The Morgan fingerprint density at radius 1 is 1.18 bits per heavy atom. The smallest absolute Gasteiger partial charge is 0.241 e. The van der Waals surface area contributed by atoms with Gasteiger partial charge in [-0.25, -0.2) is 0 Å². The van der Waals surface area contributed by atoms with Crippen LogP contribution in [0.2, 0.25) is 0 Å². The molecular weight excluding hydrogens is 274 g/mol. The maximum atomic E-state index is 12.2. The van der Waals surface area contributed by atoms with Crippen LogP contribution in [0.5, 0.6) is 0 Å². The number of nitrogens with one attached hydrogen (secondary N) is 2. The van der Waals surface area contributed by atoms with E-state index < -0.39 is 6.04 Å².